The Hall–Kier alpha value is -3.00. The van der Waals surface area contributed by atoms with Crippen LogP contribution in [0.15, 0.2) is 63.9 Å². The van der Waals surface area contributed by atoms with Gasteiger partial charge in [0.2, 0.25) is 0 Å². The second kappa shape index (κ2) is 6.25. The summed E-state index contributed by atoms with van der Waals surface area (Å²) in [6.07, 6.45) is 1.10. The number of nitrogens with zero attached hydrogens (tertiary/aromatic N) is 2. The highest BCUT2D eigenvalue weighted by molar-refractivity contribution is 7.90. The maximum Gasteiger partial charge on any atom is 0.322 e. The van der Waals surface area contributed by atoms with Crippen LogP contribution >= 0.6 is 0 Å². The molecule has 8 heteroatoms. The second-order valence-corrected chi connectivity index (χ2v) is 6.98. The van der Waals surface area contributed by atoms with Crippen molar-refractivity contribution in [2.24, 2.45) is 0 Å². The lowest BCUT2D eigenvalue weighted by Gasteiger charge is -2.03. The number of hydrogen-bond acceptors (Lipinski definition) is 6. The Morgan fingerprint density at radius 3 is 2.38 bits per heavy atom. The van der Waals surface area contributed by atoms with Gasteiger partial charge in [-0.3, -0.25) is 10.1 Å². The molecule has 0 saturated carbocycles. The summed E-state index contributed by atoms with van der Waals surface area (Å²) in [5, 5.41) is 10.0. The topological polar surface area (TPSA) is 102 Å². The molecule has 3 aromatic rings. The summed E-state index contributed by atoms with van der Waals surface area (Å²) in [6, 6.07) is 14.7. The maximum atomic E-state index is 12.1. The fraction of sp³-hybridized carbons (Fsp3) is 0.0625. The number of rotatable bonds is 4. The zero-order valence-electron chi connectivity index (χ0n) is 12.6. The first-order valence-electron chi connectivity index (χ1n) is 6.94. The number of carbonyl (C=O) groups is 1. The van der Waals surface area contributed by atoms with Crippen LogP contribution < -0.4 is 5.32 Å². The molecule has 7 nitrogen and oxygen atoms in total. The Labute approximate surface area is 138 Å². The summed E-state index contributed by atoms with van der Waals surface area (Å²) >= 11 is 0. The second-order valence-electron chi connectivity index (χ2n) is 5.00. The van der Waals surface area contributed by atoms with Gasteiger partial charge in [-0.25, -0.2) is 8.42 Å². The van der Waals surface area contributed by atoms with E-state index in [4.69, 9.17) is 4.42 Å². The summed E-state index contributed by atoms with van der Waals surface area (Å²) < 4.78 is 29.1. The predicted molar refractivity (Wildman–Crippen MR) is 87.2 cm³/mol. The van der Waals surface area contributed by atoms with Gasteiger partial charge in [-0.15, -0.1) is 5.10 Å². The molecule has 0 aliphatic heterocycles. The van der Waals surface area contributed by atoms with Crippen molar-refractivity contribution < 1.29 is 17.6 Å². The zero-order valence-corrected chi connectivity index (χ0v) is 13.4. The third-order valence-corrected chi connectivity index (χ3v) is 4.35. The molecule has 122 valence electrons. The molecule has 0 fully saturated rings. The zero-order chi connectivity index (χ0) is 17.2. The molecule has 1 heterocycles. The molecule has 24 heavy (non-hydrogen) atoms. The van der Waals surface area contributed by atoms with Gasteiger partial charge in [0, 0.05) is 11.8 Å². The van der Waals surface area contributed by atoms with Crippen molar-refractivity contribution in [3.8, 4) is 11.5 Å². The molecule has 0 aliphatic rings. The van der Waals surface area contributed by atoms with E-state index in [0.29, 0.717) is 5.56 Å². The molecule has 0 radical (unpaired) electrons. The number of aromatic nitrogens is 2. The minimum absolute atomic E-state index is 0.0133. The minimum Gasteiger partial charge on any atom is -0.403 e. The lowest BCUT2D eigenvalue weighted by atomic mass is 10.2. The smallest absolute Gasteiger partial charge is 0.322 e. The number of benzene rings is 2. The summed E-state index contributed by atoms with van der Waals surface area (Å²) in [5.74, 6) is -0.387. The predicted octanol–water partition coefficient (Wildman–Crippen LogP) is 2.39. The molecule has 1 amide bonds. The van der Waals surface area contributed by atoms with E-state index in [2.05, 4.69) is 15.5 Å². The van der Waals surface area contributed by atoms with Gasteiger partial charge in [0.1, 0.15) is 0 Å². The highest BCUT2D eigenvalue weighted by Crippen LogP contribution is 2.27. The lowest BCUT2D eigenvalue weighted by molar-refractivity contribution is 0.102. The first kappa shape index (κ1) is 15.9. The number of hydrogen-bond donors (Lipinski definition) is 1. The van der Waals surface area contributed by atoms with Crippen molar-refractivity contribution >= 4 is 21.8 Å². The van der Waals surface area contributed by atoms with Crippen LogP contribution in [-0.4, -0.2) is 30.8 Å². The quantitative estimate of drug-likeness (QED) is 0.780. The number of amides is 1. The van der Waals surface area contributed by atoms with Crippen LogP contribution in [0.3, 0.4) is 0 Å². The summed E-state index contributed by atoms with van der Waals surface area (Å²) in [5.41, 5.74) is 0.724. The van der Waals surface area contributed by atoms with Gasteiger partial charge in [0.15, 0.2) is 9.84 Å². The van der Waals surface area contributed by atoms with E-state index >= 15 is 0 Å². The Bertz CT molecular complexity index is 981. The molecular weight excluding hydrogens is 330 g/mol. The largest absolute Gasteiger partial charge is 0.403 e. The van der Waals surface area contributed by atoms with Gasteiger partial charge in [0.25, 0.3) is 11.8 Å². The Balaban J connectivity index is 1.89. The Morgan fingerprint density at radius 1 is 1.00 bits per heavy atom. The normalized spacial score (nSPS) is 11.2. The molecule has 3 rings (SSSR count). The average Bonchev–Trinajstić information content (AvgIpc) is 3.03. The van der Waals surface area contributed by atoms with E-state index in [-0.39, 0.29) is 22.4 Å². The molecule has 0 unspecified atom stereocenters. The molecular formula is C16H13N3O4S. The van der Waals surface area contributed by atoms with Gasteiger partial charge < -0.3 is 4.42 Å². The van der Waals surface area contributed by atoms with E-state index in [1.807, 2.05) is 0 Å². The average molecular weight is 343 g/mol. The van der Waals surface area contributed by atoms with E-state index in [0.717, 1.165) is 6.26 Å². The van der Waals surface area contributed by atoms with Crippen LogP contribution in [0.4, 0.5) is 6.01 Å². The molecule has 0 saturated heterocycles. The number of anilines is 1. The summed E-state index contributed by atoms with van der Waals surface area (Å²) in [6.45, 7) is 0. The van der Waals surface area contributed by atoms with E-state index in [1.165, 1.54) is 6.07 Å². The number of carbonyl (C=O) groups excluding carboxylic acids is 1. The first-order valence-corrected chi connectivity index (χ1v) is 8.83. The van der Waals surface area contributed by atoms with Gasteiger partial charge >= 0.3 is 6.01 Å². The lowest BCUT2D eigenvalue weighted by Crippen LogP contribution is -2.11. The fourth-order valence-corrected chi connectivity index (χ4v) is 2.99. The van der Waals surface area contributed by atoms with E-state index < -0.39 is 15.7 Å². The Morgan fingerprint density at radius 2 is 1.67 bits per heavy atom. The third-order valence-electron chi connectivity index (χ3n) is 3.20. The molecule has 2 aromatic carbocycles. The first-order chi connectivity index (χ1) is 11.4. The SMILES string of the molecule is CS(=O)(=O)c1ccccc1-c1nnc(NC(=O)c2ccccc2)o1. The fourth-order valence-electron chi connectivity index (χ4n) is 2.11. The van der Waals surface area contributed by atoms with Crippen LogP contribution in [0.1, 0.15) is 10.4 Å². The van der Waals surface area contributed by atoms with Crippen LogP contribution in [0, 0.1) is 0 Å². The van der Waals surface area contributed by atoms with Crippen molar-refractivity contribution in [2.45, 2.75) is 4.90 Å². The molecule has 0 aliphatic carbocycles. The Kier molecular flexibility index (Phi) is 4.13. The van der Waals surface area contributed by atoms with Crippen LogP contribution in [0.5, 0.6) is 0 Å². The van der Waals surface area contributed by atoms with E-state index in [9.17, 15) is 13.2 Å². The van der Waals surface area contributed by atoms with Gasteiger partial charge in [0.05, 0.1) is 10.5 Å². The summed E-state index contributed by atoms with van der Waals surface area (Å²) in [7, 11) is -3.45. The maximum absolute atomic E-state index is 12.1. The standard InChI is InChI=1S/C16H13N3O4S/c1-24(21,22)13-10-6-5-9-12(13)15-18-19-16(23-15)17-14(20)11-7-3-2-4-8-11/h2-10H,1H3,(H,17,19,20). The van der Waals surface area contributed by atoms with Crippen LogP contribution in [-0.2, 0) is 9.84 Å². The number of sulfone groups is 1. The monoisotopic (exact) mass is 343 g/mol. The van der Waals surface area contributed by atoms with Gasteiger partial charge in [-0.2, -0.15) is 0 Å². The molecule has 0 atom stereocenters. The van der Waals surface area contributed by atoms with Crippen LogP contribution in [0.25, 0.3) is 11.5 Å². The van der Waals surface area contributed by atoms with Crippen molar-refractivity contribution in [1.82, 2.24) is 10.2 Å². The molecule has 1 N–H and O–H groups in total. The van der Waals surface area contributed by atoms with Gasteiger partial charge in [-0.1, -0.05) is 35.4 Å². The van der Waals surface area contributed by atoms with Crippen molar-refractivity contribution in [2.75, 3.05) is 11.6 Å². The highest BCUT2D eigenvalue weighted by atomic mass is 32.2. The van der Waals surface area contributed by atoms with Crippen molar-refractivity contribution in [3.63, 3.8) is 0 Å². The molecule has 0 bridgehead atoms. The van der Waals surface area contributed by atoms with Crippen molar-refractivity contribution in [3.05, 3.63) is 60.2 Å². The van der Waals surface area contributed by atoms with E-state index in [1.54, 1.807) is 48.5 Å². The third kappa shape index (κ3) is 3.33. The van der Waals surface area contributed by atoms with Crippen molar-refractivity contribution in [1.29, 1.82) is 0 Å². The highest BCUT2D eigenvalue weighted by Gasteiger charge is 2.19. The minimum atomic E-state index is -3.45. The molecule has 1 aromatic heterocycles. The number of nitrogens with one attached hydrogen (secondary N) is 1. The molecule has 0 spiro atoms. The van der Waals surface area contributed by atoms with Crippen LogP contribution in [0.2, 0.25) is 0 Å². The van der Waals surface area contributed by atoms with Gasteiger partial charge in [-0.05, 0) is 24.3 Å². The summed E-state index contributed by atoms with van der Waals surface area (Å²) in [4.78, 5) is 12.1.